The second-order valence-corrected chi connectivity index (χ2v) is 11.9. The van der Waals surface area contributed by atoms with Crippen LogP contribution in [0.25, 0.3) is 16.9 Å². The van der Waals surface area contributed by atoms with Crippen molar-refractivity contribution in [2.45, 2.75) is 17.9 Å². The Kier molecular flexibility index (Phi) is 6.10. The van der Waals surface area contributed by atoms with Crippen LogP contribution in [0.1, 0.15) is 11.1 Å². The average molecular weight is 518 g/mol. The number of anilines is 3. The zero-order valence-electron chi connectivity index (χ0n) is 21.1. The largest absolute Gasteiger partial charge is 0.369 e. The minimum absolute atomic E-state index is 0.277. The molecule has 2 aliphatic heterocycles. The molecule has 192 valence electrons. The number of fused-ring (bicyclic) bond motifs is 2. The zero-order valence-corrected chi connectivity index (χ0v) is 21.9. The van der Waals surface area contributed by atoms with E-state index in [0.717, 1.165) is 68.3 Å². The molecule has 1 saturated heterocycles. The molecule has 0 radical (unpaired) electrons. The first-order valence-corrected chi connectivity index (χ1v) is 14.5. The number of hydrogen-bond acceptors (Lipinski definition) is 8. The molecule has 37 heavy (non-hydrogen) atoms. The lowest BCUT2D eigenvalue weighted by atomic mass is 9.97. The van der Waals surface area contributed by atoms with E-state index >= 15 is 0 Å². The summed E-state index contributed by atoms with van der Waals surface area (Å²) < 4.78 is 26.8. The molecule has 4 heterocycles. The maximum Gasteiger partial charge on any atom is 0.247 e. The molecular weight excluding hydrogens is 486 g/mol. The Balaban J connectivity index is 1.35. The van der Waals surface area contributed by atoms with Crippen LogP contribution in [-0.2, 0) is 22.8 Å². The predicted molar refractivity (Wildman–Crippen MR) is 146 cm³/mol. The van der Waals surface area contributed by atoms with Crippen LogP contribution >= 0.6 is 0 Å². The van der Waals surface area contributed by atoms with Gasteiger partial charge in [-0.15, -0.1) is 5.10 Å². The minimum atomic E-state index is -3.39. The normalized spacial score (nSPS) is 16.6. The molecule has 4 aromatic rings. The highest BCUT2D eigenvalue weighted by molar-refractivity contribution is 7.90. The fraction of sp³-hybridized carbons (Fsp3) is 0.333. The summed E-state index contributed by atoms with van der Waals surface area (Å²) >= 11 is 0. The first kappa shape index (κ1) is 23.9. The fourth-order valence-corrected chi connectivity index (χ4v) is 5.74. The number of nitrogens with one attached hydrogen (secondary N) is 2. The van der Waals surface area contributed by atoms with Gasteiger partial charge in [0.15, 0.2) is 15.5 Å². The van der Waals surface area contributed by atoms with Crippen LogP contribution in [-0.4, -0.2) is 73.9 Å². The molecule has 6 rings (SSSR count). The molecule has 0 atom stereocenters. The molecule has 0 amide bonds. The summed E-state index contributed by atoms with van der Waals surface area (Å²) in [6, 6.07) is 17.9. The molecule has 0 bridgehead atoms. The molecule has 0 unspecified atom stereocenters. The maximum absolute atomic E-state index is 12.5. The van der Waals surface area contributed by atoms with Gasteiger partial charge in [0.2, 0.25) is 5.95 Å². The Morgan fingerprint density at radius 2 is 1.81 bits per heavy atom. The summed E-state index contributed by atoms with van der Waals surface area (Å²) in [5, 5.41) is 11.4. The highest BCUT2D eigenvalue weighted by atomic mass is 32.2. The van der Waals surface area contributed by atoms with Gasteiger partial charge in [-0.3, -0.25) is 0 Å². The molecule has 2 aromatic heterocycles. The van der Waals surface area contributed by atoms with E-state index in [1.54, 1.807) is 12.1 Å². The van der Waals surface area contributed by atoms with Crippen LogP contribution in [0.15, 0.2) is 59.5 Å². The number of nitrogens with zero attached hydrogens (tertiary/aromatic N) is 5. The van der Waals surface area contributed by atoms with Crippen molar-refractivity contribution in [3.8, 4) is 11.3 Å². The third kappa shape index (κ3) is 4.92. The van der Waals surface area contributed by atoms with E-state index in [4.69, 9.17) is 5.10 Å². The van der Waals surface area contributed by atoms with Gasteiger partial charge < -0.3 is 20.4 Å². The van der Waals surface area contributed by atoms with Gasteiger partial charge in [-0.25, -0.2) is 12.9 Å². The van der Waals surface area contributed by atoms with Crippen molar-refractivity contribution in [1.29, 1.82) is 0 Å². The molecule has 0 saturated carbocycles. The van der Waals surface area contributed by atoms with Gasteiger partial charge in [-0.05, 0) is 67.5 Å². The Bertz CT molecular complexity index is 1570. The molecule has 10 heteroatoms. The summed E-state index contributed by atoms with van der Waals surface area (Å²) in [5.41, 5.74) is 7.01. The number of benzene rings is 2. The van der Waals surface area contributed by atoms with E-state index in [0.29, 0.717) is 11.6 Å². The molecule has 0 spiro atoms. The lowest BCUT2D eigenvalue weighted by molar-refractivity contribution is 0.313. The number of rotatable bonds is 5. The third-order valence-corrected chi connectivity index (χ3v) is 8.28. The SMILES string of the molecule is CN1CCN(c2cc(Nc3nc4cccc(-c5ccc6c(c5)CCNC6)n4n3)cc(S(C)(=O)=O)c2)CC1. The zero-order chi connectivity index (χ0) is 25.6. The van der Waals surface area contributed by atoms with Gasteiger partial charge in [-0.2, -0.15) is 4.98 Å². The second kappa shape index (κ2) is 9.44. The van der Waals surface area contributed by atoms with Crippen LogP contribution in [0.5, 0.6) is 0 Å². The third-order valence-electron chi connectivity index (χ3n) is 7.19. The Hall–Kier alpha value is -3.47. The van der Waals surface area contributed by atoms with Gasteiger partial charge in [0, 0.05) is 55.9 Å². The van der Waals surface area contributed by atoms with Crippen molar-refractivity contribution < 1.29 is 8.42 Å². The van der Waals surface area contributed by atoms with E-state index in [-0.39, 0.29) is 4.90 Å². The molecular formula is C27H31N7O2S. The molecule has 1 fully saturated rings. The van der Waals surface area contributed by atoms with Crippen LogP contribution in [0, 0.1) is 0 Å². The fourth-order valence-electron chi connectivity index (χ4n) is 5.06. The molecule has 0 aliphatic carbocycles. The van der Waals surface area contributed by atoms with Crippen molar-refractivity contribution in [1.82, 2.24) is 24.8 Å². The Morgan fingerprint density at radius 3 is 2.62 bits per heavy atom. The van der Waals surface area contributed by atoms with E-state index in [9.17, 15) is 8.42 Å². The van der Waals surface area contributed by atoms with Crippen LogP contribution in [0.4, 0.5) is 17.3 Å². The number of hydrogen-bond donors (Lipinski definition) is 2. The van der Waals surface area contributed by atoms with Crippen molar-refractivity contribution >= 4 is 32.8 Å². The predicted octanol–water partition coefficient (Wildman–Crippen LogP) is 2.94. The highest BCUT2D eigenvalue weighted by Gasteiger charge is 2.19. The van der Waals surface area contributed by atoms with E-state index in [1.165, 1.54) is 17.4 Å². The summed E-state index contributed by atoms with van der Waals surface area (Å²) in [6.07, 6.45) is 2.25. The second-order valence-electron chi connectivity index (χ2n) is 9.93. The first-order valence-electron chi connectivity index (χ1n) is 12.6. The van der Waals surface area contributed by atoms with Crippen molar-refractivity contribution in [2.75, 3.05) is 56.2 Å². The van der Waals surface area contributed by atoms with E-state index in [1.807, 2.05) is 28.8 Å². The number of aromatic nitrogens is 3. The first-order chi connectivity index (χ1) is 17.8. The Labute approximate surface area is 217 Å². The lowest BCUT2D eigenvalue weighted by Crippen LogP contribution is -2.44. The monoisotopic (exact) mass is 517 g/mol. The molecule has 2 aromatic carbocycles. The molecule has 9 nitrogen and oxygen atoms in total. The van der Waals surface area contributed by atoms with Crippen molar-refractivity contribution in [3.63, 3.8) is 0 Å². The number of piperazine rings is 1. The smallest absolute Gasteiger partial charge is 0.247 e. The summed E-state index contributed by atoms with van der Waals surface area (Å²) in [7, 11) is -1.29. The lowest BCUT2D eigenvalue weighted by Gasteiger charge is -2.34. The summed E-state index contributed by atoms with van der Waals surface area (Å²) in [5.74, 6) is 0.421. The van der Waals surface area contributed by atoms with Gasteiger partial charge in [0.05, 0.1) is 10.6 Å². The molecule has 2 aliphatic rings. The van der Waals surface area contributed by atoms with Gasteiger partial charge in [0.1, 0.15) is 0 Å². The van der Waals surface area contributed by atoms with Crippen molar-refractivity contribution in [2.24, 2.45) is 0 Å². The minimum Gasteiger partial charge on any atom is -0.369 e. The van der Waals surface area contributed by atoms with E-state index < -0.39 is 9.84 Å². The number of likely N-dealkylation sites (N-methyl/N-ethyl adjacent to an activating group) is 1. The van der Waals surface area contributed by atoms with Crippen LogP contribution in [0.3, 0.4) is 0 Å². The summed E-state index contributed by atoms with van der Waals surface area (Å²) in [6.45, 7) is 5.44. The average Bonchev–Trinajstić information content (AvgIpc) is 3.30. The Morgan fingerprint density at radius 1 is 0.973 bits per heavy atom. The topological polar surface area (TPSA) is 94.9 Å². The van der Waals surface area contributed by atoms with Gasteiger partial charge in [-0.1, -0.05) is 18.2 Å². The summed E-state index contributed by atoms with van der Waals surface area (Å²) in [4.78, 5) is 9.46. The maximum atomic E-state index is 12.5. The number of sulfone groups is 1. The quantitative estimate of drug-likeness (QED) is 0.417. The van der Waals surface area contributed by atoms with Gasteiger partial charge >= 0.3 is 0 Å². The highest BCUT2D eigenvalue weighted by Crippen LogP contribution is 2.29. The standard InChI is InChI=1S/C27H31N7O2S/c1-32-10-12-33(13-11-32)23-15-22(16-24(17-23)37(2,35)36)29-27-30-26-5-3-4-25(34(26)31-27)20-6-7-21-18-28-9-8-19(21)14-20/h3-7,14-17,28H,8-13,18H2,1-2H3,(H,29,31). The van der Waals surface area contributed by atoms with Crippen molar-refractivity contribution in [3.05, 3.63) is 65.7 Å². The number of pyridine rings is 1. The van der Waals surface area contributed by atoms with Gasteiger partial charge in [0.25, 0.3) is 0 Å². The van der Waals surface area contributed by atoms with Crippen LogP contribution in [0.2, 0.25) is 0 Å². The molecule has 2 N–H and O–H groups in total. The van der Waals surface area contributed by atoms with E-state index in [2.05, 4.69) is 50.7 Å². The van der Waals surface area contributed by atoms with Crippen LogP contribution < -0.4 is 15.5 Å².